The minimum atomic E-state index is -4.11. The third-order valence-corrected chi connectivity index (χ3v) is 8.61. The zero-order valence-corrected chi connectivity index (χ0v) is 26.3. The Morgan fingerprint density at radius 3 is 2.05 bits per heavy atom. The van der Waals surface area contributed by atoms with Gasteiger partial charge in [0.25, 0.3) is 10.0 Å². The van der Waals surface area contributed by atoms with Crippen molar-refractivity contribution >= 4 is 27.5 Å². The molecule has 0 aliphatic heterocycles. The lowest BCUT2D eigenvalue weighted by Gasteiger charge is -2.35. The minimum absolute atomic E-state index is 0.0968. The minimum Gasteiger partial charge on any atom is -0.350 e. The zero-order valence-electron chi connectivity index (χ0n) is 25.5. The quantitative estimate of drug-likeness (QED) is 0.328. The first-order valence-corrected chi connectivity index (χ1v) is 15.4. The lowest BCUT2D eigenvalue weighted by molar-refractivity contribution is -0.141. The number of rotatable bonds is 10. The van der Waals surface area contributed by atoms with E-state index < -0.39 is 34.1 Å². The molecule has 3 aromatic carbocycles. The van der Waals surface area contributed by atoms with E-state index in [1.807, 2.05) is 91.8 Å². The fourth-order valence-electron chi connectivity index (χ4n) is 4.72. The van der Waals surface area contributed by atoms with Gasteiger partial charge in [-0.05, 0) is 89.8 Å². The van der Waals surface area contributed by atoms with Crippen molar-refractivity contribution in [3.8, 4) is 0 Å². The maximum Gasteiger partial charge on any atom is 0.264 e. The molecule has 0 bridgehead atoms. The van der Waals surface area contributed by atoms with Crippen molar-refractivity contribution < 1.29 is 18.0 Å². The van der Waals surface area contributed by atoms with E-state index in [4.69, 9.17) is 0 Å². The van der Waals surface area contributed by atoms with Gasteiger partial charge in [-0.2, -0.15) is 0 Å². The van der Waals surface area contributed by atoms with E-state index in [9.17, 15) is 18.0 Å². The number of anilines is 1. The highest BCUT2D eigenvalue weighted by molar-refractivity contribution is 7.92. The second kappa shape index (κ2) is 12.9. The second-order valence-electron chi connectivity index (χ2n) is 11.8. The first kappa shape index (κ1) is 31.9. The number of hydrogen-bond donors (Lipinski definition) is 1. The Morgan fingerprint density at radius 1 is 0.854 bits per heavy atom. The predicted octanol–water partition coefficient (Wildman–Crippen LogP) is 5.84. The van der Waals surface area contributed by atoms with Crippen molar-refractivity contribution in [2.45, 2.75) is 84.8 Å². The summed E-state index contributed by atoms with van der Waals surface area (Å²) in [5, 5.41) is 3.00. The van der Waals surface area contributed by atoms with Crippen LogP contribution < -0.4 is 9.62 Å². The molecule has 1 N–H and O–H groups in total. The Balaban J connectivity index is 2.12. The van der Waals surface area contributed by atoms with E-state index in [0.29, 0.717) is 12.1 Å². The maximum absolute atomic E-state index is 14.3. The van der Waals surface area contributed by atoms with Crippen LogP contribution in [-0.2, 0) is 26.2 Å². The van der Waals surface area contributed by atoms with E-state index in [1.54, 1.807) is 30.3 Å². The van der Waals surface area contributed by atoms with Gasteiger partial charge >= 0.3 is 0 Å². The van der Waals surface area contributed by atoms with Gasteiger partial charge < -0.3 is 10.2 Å². The molecule has 0 spiro atoms. The SMILES string of the molecule is CC[C@@H](C(=O)NC(C)(C)C)N(Cc1cccc(C)c1)C(=O)CN(c1cc(C)ccc1C)S(=O)(=O)c1ccc(C)cc1. The van der Waals surface area contributed by atoms with E-state index in [0.717, 1.165) is 27.8 Å². The van der Waals surface area contributed by atoms with Gasteiger partial charge in [0.1, 0.15) is 12.6 Å². The first-order chi connectivity index (χ1) is 19.1. The number of aryl methyl sites for hydroxylation is 4. The van der Waals surface area contributed by atoms with Gasteiger partial charge in [0, 0.05) is 12.1 Å². The molecule has 0 saturated heterocycles. The Bertz CT molecular complexity index is 1490. The summed E-state index contributed by atoms with van der Waals surface area (Å²) in [6.45, 7) is 14.8. The van der Waals surface area contributed by atoms with Gasteiger partial charge in [-0.3, -0.25) is 13.9 Å². The van der Waals surface area contributed by atoms with Crippen LogP contribution in [0, 0.1) is 27.7 Å². The molecule has 8 heteroatoms. The Hall–Kier alpha value is -3.65. The smallest absolute Gasteiger partial charge is 0.264 e. The van der Waals surface area contributed by atoms with Crippen LogP contribution in [0.1, 0.15) is 61.9 Å². The predicted molar refractivity (Wildman–Crippen MR) is 165 cm³/mol. The molecular weight excluding hydrogens is 534 g/mol. The Morgan fingerprint density at radius 2 is 1.46 bits per heavy atom. The van der Waals surface area contributed by atoms with Crippen LogP contribution in [-0.4, -0.2) is 43.3 Å². The maximum atomic E-state index is 14.3. The van der Waals surface area contributed by atoms with Crippen molar-refractivity contribution in [3.05, 3.63) is 94.5 Å². The van der Waals surface area contributed by atoms with Gasteiger partial charge in [-0.15, -0.1) is 0 Å². The highest BCUT2D eigenvalue weighted by Crippen LogP contribution is 2.29. The lowest BCUT2D eigenvalue weighted by Crippen LogP contribution is -2.55. The fraction of sp³-hybridized carbons (Fsp3) is 0.394. The number of nitrogens with one attached hydrogen (secondary N) is 1. The number of amides is 2. The molecule has 3 rings (SSSR count). The van der Waals surface area contributed by atoms with Crippen molar-refractivity contribution in [1.82, 2.24) is 10.2 Å². The van der Waals surface area contributed by atoms with Crippen LogP contribution in [0.15, 0.2) is 71.6 Å². The summed E-state index contributed by atoms with van der Waals surface area (Å²) < 4.78 is 29.4. The third kappa shape index (κ3) is 8.19. The monoisotopic (exact) mass is 577 g/mol. The average Bonchev–Trinajstić information content (AvgIpc) is 2.87. The van der Waals surface area contributed by atoms with Gasteiger partial charge in [0.2, 0.25) is 11.8 Å². The molecule has 0 aromatic heterocycles. The number of nitrogens with zero attached hydrogens (tertiary/aromatic N) is 2. The molecule has 41 heavy (non-hydrogen) atoms. The van der Waals surface area contributed by atoms with E-state index >= 15 is 0 Å². The molecule has 220 valence electrons. The van der Waals surface area contributed by atoms with Crippen LogP contribution >= 0.6 is 0 Å². The summed E-state index contributed by atoms with van der Waals surface area (Å²) in [6.07, 6.45) is 0.369. The van der Waals surface area contributed by atoms with Gasteiger partial charge in [0.15, 0.2) is 0 Å². The number of carbonyl (C=O) groups excluding carboxylic acids is 2. The van der Waals surface area contributed by atoms with Crippen molar-refractivity contribution in [2.75, 3.05) is 10.8 Å². The molecule has 0 saturated carbocycles. The standard InChI is InChI=1S/C33H43N3O4S/c1-9-29(32(38)34-33(6,7)8)35(21-27-12-10-11-24(3)19-27)31(37)22-36(30-20-25(4)13-16-26(30)5)41(39,40)28-17-14-23(2)15-18-28/h10-20,29H,9,21-22H2,1-8H3,(H,34,38)/t29-/m0/s1. The van der Waals surface area contributed by atoms with Gasteiger partial charge in [-0.1, -0.05) is 66.6 Å². The molecule has 0 aliphatic rings. The number of benzene rings is 3. The van der Waals surface area contributed by atoms with E-state index in [2.05, 4.69) is 5.32 Å². The second-order valence-corrected chi connectivity index (χ2v) is 13.7. The summed E-state index contributed by atoms with van der Waals surface area (Å²) in [5.41, 5.74) is 4.35. The zero-order chi connectivity index (χ0) is 30.5. The summed E-state index contributed by atoms with van der Waals surface area (Å²) in [6, 6.07) is 19.1. The molecule has 0 unspecified atom stereocenters. The van der Waals surface area contributed by atoms with Crippen LogP contribution in [0.2, 0.25) is 0 Å². The summed E-state index contributed by atoms with van der Waals surface area (Å²) in [7, 11) is -4.11. The lowest BCUT2D eigenvalue weighted by atomic mass is 10.0. The summed E-state index contributed by atoms with van der Waals surface area (Å²) >= 11 is 0. The van der Waals surface area contributed by atoms with Crippen molar-refractivity contribution in [1.29, 1.82) is 0 Å². The largest absolute Gasteiger partial charge is 0.350 e. The molecule has 3 aromatic rings. The number of sulfonamides is 1. The van der Waals surface area contributed by atoms with E-state index in [1.165, 1.54) is 9.21 Å². The van der Waals surface area contributed by atoms with Gasteiger partial charge in [-0.25, -0.2) is 8.42 Å². The topological polar surface area (TPSA) is 86.8 Å². The molecule has 0 heterocycles. The molecule has 2 amide bonds. The molecule has 0 fully saturated rings. The highest BCUT2D eigenvalue weighted by Gasteiger charge is 2.35. The summed E-state index contributed by atoms with van der Waals surface area (Å²) in [5.74, 6) is -0.736. The molecule has 0 aliphatic carbocycles. The molecular formula is C33H43N3O4S. The van der Waals surface area contributed by atoms with Gasteiger partial charge in [0.05, 0.1) is 10.6 Å². The Labute approximate surface area is 245 Å². The number of carbonyl (C=O) groups is 2. The molecule has 7 nitrogen and oxygen atoms in total. The summed E-state index contributed by atoms with van der Waals surface area (Å²) in [4.78, 5) is 29.3. The van der Waals surface area contributed by atoms with Crippen LogP contribution in [0.4, 0.5) is 5.69 Å². The van der Waals surface area contributed by atoms with Crippen LogP contribution in [0.5, 0.6) is 0 Å². The van der Waals surface area contributed by atoms with Crippen molar-refractivity contribution in [2.24, 2.45) is 0 Å². The third-order valence-electron chi connectivity index (χ3n) is 6.84. The van der Waals surface area contributed by atoms with Crippen LogP contribution in [0.3, 0.4) is 0 Å². The molecule has 1 atom stereocenters. The highest BCUT2D eigenvalue weighted by atomic mass is 32.2. The van der Waals surface area contributed by atoms with Crippen LogP contribution in [0.25, 0.3) is 0 Å². The van der Waals surface area contributed by atoms with E-state index in [-0.39, 0.29) is 17.3 Å². The normalized spacial score (nSPS) is 12.5. The average molecular weight is 578 g/mol. The Kier molecular flexibility index (Phi) is 10.0. The van der Waals surface area contributed by atoms with Crippen molar-refractivity contribution in [3.63, 3.8) is 0 Å². The fourth-order valence-corrected chi connectivity index (χ4v) is 6.19. The molecule has 0 radical (unpaired) electrons. The first-order valence-electron chi connectivity index (χ1n) is 14.0. The number of hydrogen-bond acceptors (Lipinski definition) is 4.